The monoisotopic (exact) mass is 194 g/mol. The first-order valence-electron chi connectivity index (χ1n) is 4.02. The lowest BCUT2D eigenvalue weighted by molar-refractivity contribution is 0.738. The van der Waals surface area contributed by atoms with Gasteiger partial charge in [-0.05, 0) is 25.4 Å². The maximum Gasteiger partial charge on any atom is 0.106 e. The first kappa shape index (κ1) is 8.37. The normalized spacial score (nSPS) is 10.6. The number of nitrogens with zero attached hydrogens (tertiary/aromatic N) is 4. The highest BCUT2D eigenvalue weighted by atomic mass is 32.1. The van der Waals surface area contributed by atoms with Crippen molar-refractivity contribution in [2.75, 3.05) is 0 Å². The third-order valence-corrected chi connectivity index (χ3v) is 2.39. The van der Waals surface area contributed by atoms with Crippen LogP contribution in [0.3, 0.4) is 0 Å². The molecule has 0 spiro atoms. The van der Waals surface area contributed by atoms with Crippen molar-refractivity contribution < 1.29 is 0 Å². The van der Waals surface area contributed by atoms with Gasteiger partial charge in [-0.2, -0.15) is 0 Å². The fourth-order valence-corrected chi connectivity index (χ4v) is 1.70. The Morgan fingerprint density at radius 2 is 2.31 bits per heavy atom. The summed E-state index contributed by atoms with van der Waals surface area (Å²) >= 11 is 1.38. The summed E-state index contributed by atoms with van der Waals surface area (Å²) < 4.78 is 5.89. The predicted octanol–water partition coefficient (Wildman–Crippen LogP) is 1.40. The van der Waals surface area contributed by atoms with E-state index in [-0.39, 0.29) is 0 Å². The number of aryl methyl sites for hydroxylation is 2. The minimum atomic E-state index is 0.767. The van der Waals surface area contributed by atoms with Crippen molar-refractivity contribution in [3.8, 4) is 0 Å². The number of rotatable bonds is 2. The van der Waals surface area contributed by atoms with Crippen molar-refractivity contribution in [1.29, 1.82) is 0 Å². The Bertz CT molecular complexity index is 390. The molecule has 5 heteroatoms. The zero-order chi connectivity index (χ0) is 9.26. The molecule has 0 aliphatic rings. The highest BCUT2D eigenvalue weighted by Gasteiger charge is 2.02. The molecule has 2 aromatic heterocycles. The average Bonchev–Trinajstić information content (AvgIpc) is 2.63. The molecular formula is C8H10N4S. The molecule has 0 N–H and O–H groups in total. The molecule has 0 amide bonds. The first-order valence-corrected chi connectivity index (χ1v) is 4.85. The quantitative estimate of drug-likeness (QED) is 0.725. The molecule has 0 aliphatic carbocycles. The molecule has 0 radical (unpaired) electrons. The van der Waals surface area contributed by atoms with E-state index in [2.05, 4.69) is 19.1 Å². The van der Waals surface area contributed by atoms with Crippen LogP contribution in [-0.2, 0) is 6.54 Å². The van der Waals surface area contributed by atoms with Gasteiger partial charge in [-0.1, -0.05) is 4.49 Å². The van der Waals surface area contributed by atoms with Crippen LogP contribution in [-0.4, -0.2) is 19.1 Å². The second-order valence-electron chi connectivity index (χ2n) is 2.95. The Morgan fingerprint density at radius 1 is 1.46 bits per heavy atom. The van der Waals surface area contributed by atoms with Gasteiger partial charge < -0.3 is 4.57 Å². The SMILES string of the molecule is Cc1cn(Cc2csnn2)c(C)n1. The molecule has 0 unspecified atom stereocenters. The zero-order valence-electron chi connectivity index (χ0n) is 7.56. The van der Waals surface area contributed by atoms with Crippen LogP contribution in [0.15, 0.2) is 11.6 Å². The second kappa shape index (κ2) is 3.26. The van der Waals surface area contributed by atoms with Gasteiger partial charge in [-0.15, -0.1) is 5.10 Å². The second-order valence-corrected chi connectivity index (χ2v) is 3.56. The van der Waals surface area contributed by atoms with Crippen LogP contribution in [0.4, 0.5) is 0 Å². The molecule has 68 valence electrons. The fraction of sp³-hybridized carbons (Fsp3) is 0.375. The van der Waals surface area contributed by atoms with Crippen LogP contribution in [0.2, 0.25) is 0 Å². The minimum absolute atomic E-state index is 0.767. The van der Waals surface area contributed by atoms with E-state index >= 15 is 0 Å². The van der Waals surface area contributed by atoms with Crippen molar-refractivity contribution in [2.24, 2.45) is 0 Å². The molecule has 0 atom stereocenters. The summed E-state index contributed by atoms with van der Waals surface area (Å²) in [6.45, 7) is 4.75. The van der Waals surface area contributed by atoms with Gasteiger partial charge in [-0.25, -0.2) is 4.98 Å². The topological polar surface area (TPSA) is 43.6 Å². The first-order chi connectivity index (χ1) is 6.25. The Hall–Kier alpha value is -1.23. The van der Waals surface area contributed by atoms with E-state index in [9.17, 15) is 0 Å². The fourth-order valence-electron chi connectivity index (χ4n) is 1.25. The summed E-state index contributed by atoms with van der Waals surface area (Å²) in [6.07, 6.45) is 2.02. The molecular weight excluding hydrogens is 184 g/mol. The lowest BCUT2D eigenvalue weighted by Gasteiger charge is -1.99. The molecule has 2 rings (SSSR count). The molecule has 0 bridgehead atoms. The summed E-state index contributed by atoms with van der Waals surface area (Å²) in [5, 5.41) is 5.93. The molecule has 13 heavy (non-hydrogen) atoms. The van der Waals surface area contributed by atoms with Crippen molar-refractivity contribution in [2.45, 2.75) is 20.4 Å². The van der Waals surface area contributed by atoms with Gasteiger partial charge in [0.2, 0.25) is 0 Å². The number of hydrogen-bond acceptors (Lipinski definition) is 4. The Labute approximate surface area is 80.4 Å². The summed E-state index contributed by atoms with van der Waals surface area (Å²) in [4.78, 5) is 4.31. The average molecular weight is 194 g/mol. The summed E-state index contributed by atoms with van der Waals surface area (Å²) in [5.41, 5.74) is 2.03. The van der Waals surface area contributed by atoms with E-state index in [0.717, 1.165) is 23.8 Å². The van der Waals surface area contributed by atoms with Gasteiger partial charge >= 0.3 is 0 Å². The van der Waals surface area contributed by atoms with Crippen molar-refractivity contribution in [3.63, 3.8) is 0 Å². The molecule has 0 aromatic carbocycles. The Balaban J connectivity index is 2.23. The molecule has 0 saturated heterocycles. The highest BCUT2D eigenvalue weighted by molar-refractivity contribution is 7.03. The molecule has 2 aromatic rings. The van der Waals surface area contributed by atoms with Gasteiger partial charge in [0.15, 0.2) is 0 Å². The lowest BCUT2D eigenvalue weighted by atomic mass is 10.4. The molecule has 0 saturated carbocycles. The smallest absolute Gasteiger partial charge is 0.106 e. The van der Waals surface area contributed by atoms with Gasteiger partial charge in [-0.3, -0.25) is 0 Å². The zero-order valence-corrected chi connectivity index (χ0v) is 8.38. The Kier molecular flexibility index (Phi) is 2.10. The third-order valence-electron chi connectivity index (χ3n) is 1.83. The highest BCUT2D eigenvalue weighted by Crippen LogP contribution is 2.05. The summed E-state index contributed by atoms with van der Waals surface area (Å²) in [7, 11) is 0. The molecule has 0 fully saturated rings. The van der Waals surface area contributed by atoms with Crippen LogP contribution in [0.5, 0.6) is 0 Å². The summed E-state index contributed by atoms with van der Waals surface area (Å²) in [5.74, 6) is 1.02. The summed E-state index contributed by atoms with van der Waals surface area (Å²) in [6, 6.07) is 0. The van der Waals surface area contributed by atoms with Gasteiger partial charge in [0.25, 0.3) is 0 Å². The van der Waals surface area contributed by atoms with E-state index < -0.39 is 0 Å². The lowest BCUT2D eigenvalue weighted by Crippen LogP contribution is -2.00. The minimum Gasteiger partial charge on any atom is -0.329 e. The van der Waals surface area contributed by atoms with Gasteiger partial charge in [0, 0.05) is 11.6 Å². The number of aromatic nitrogens is 4. The number of hydrogen-bond donors (Lipinski definition) is 0. The van der Waals surface area contributed by atoms with Crippen LogP contribution < -0.4 is 0 Å². The number of imidazole rings is 1. The van der Waals surface area contributed by atoms with Crippen LogP contribution >= 0.6 is 11.5 Å². The van der Waals surface area contributed by atoms with Crippen molar-refractivity contribution in [1.82, 2.24) is 19.1 Å². The maximum absolute atomic E-state index is 4.31. The molecule has 2 heterocycles. The third kappa shape index (κ3) is 1.75. The maximum atomic E-state index is 4.31. The predicted molar refractivity (Wildman–Crippen MR) is 50.7 cm³/mol. The van der Waals surface area contributed by atoms with Crippen molar-refractivity contribution in [3.05, 3.63) is 28.8 Å². The Morgan fingerprint density at radius 3 is 2.85 bits per heavy atom. The molecule has 0 aliphatic heterocycles. The molecule has 4 nitrogen and oxygen atoms in total. The van der Waals surface area contributed by atoms with E-state index in [4.69, 9.17) is 0 Å². The van der Waals surface area contributed by atoms with E-state index in [1.165, 1.54) is 11.5 Å². The standard InChI is InChI=1S/C8H10N4S/c1-6-3-12(7(2)9-6)4-8-5-13-11-10-8/h3,5H,4H2,1-2H3. The van der Waals surface area contributed by atoms with Crippen LogP contribution in [0.25, 0.3) is 0 Å². The van der Waals surface area contributed by atoms with Gasteiger partial charge in [0.05, 0.1) is 17.9 Å². The van der Waals surface area contributed by atoms with Crippen LogP contribution in [0.1, 0.15) is 17.2 Å². The van der Waals surface area contributed by atoms with E-state index in [1.807, 2.05) is 25.4 Å². The largest absolute Gasteiger partial charge is 0.329 e. The van der Waals surface area contributed by atoms with Crippen LogP contribution in [0, 0.1) is 13.8 Å². The van der Waals surface area contributed by atoms with Crippen molar-refractivity contribution >= 4 is 11.5 Å². The van der Waals surface area contributed by atoms with E-state index in [1.54, 1.807) is 0 Å². The van der Waals surface area contributed by atoms with Gasteiger partial charge in [0.1, 0.15) is 5.82 Å². The van der Waals surface area contributed by atoms with E-state index in [0.29, 0.717) is 0 Å².